The van der Waals surface area contributed by atoms with Crippen LogP contribution in [0.4, 0.5) is 5.69 Å². The molecule has 2 fully saturated rings. The zero-order valence-corrected chi connectivity index (χ0v) is 21.9. The van der Waals surface area contributed by atoms with E-state index in [-0.39, 0.29) is 24.1 Å². The van der Waals surface area contributed by atoms with E-state index in [1.807, 2.05) is 13.8 Å². The largest absolute Gasteiger partial charge is 0.454 e. The maximum atomic E-state index is 14.0. The minimum atomic E-state index is -1.44. The summed E-state index contributed by atoms with van der Waals surface area (Å²) in [5.74, 6) is -1.74. The highest BCUT2D eigenvalue weighted by atomic mass is 16.6. The molecule has 3 aromatic rings. The van der Waals surface area contributed by atoms with Crippen molar-refractivity contribution in [3.8, 4) is 0 Å². The Balaban J connectivity index is 1.56. The molecule has 0 bridgehead atoms. The second-order valence-electron chi connectivity index (χ2n) is 10.6. The first-order chi connectivity index (χ1) is 18.6. The van der Waals surface area contributed by atoms with Crippen LogP contribution in [0.15, 0.2) is 53.3 Å². The third-order valence-electron chi connectivity index (χ3n) is 7.87. The fourth-order valence-corrected chi connectivity index (χ4v) is 6.13. The van der Waals surface area contributed by atoms with E-state index >= 15 is 0 Å². The van der Waals surface area contributed by atoms with E-state index in [9.17, 15) is 24.4 Å². The summed E-state index contributed by atoms with van der Waals surface area (Å²) in [7, 11) is 0. The third-order valence-corrected chi connectivity index (χ3v) is 7.87. The highest BCUT2D eigenvalue weighted by molar-refractivity contribution is 6.02. The van der Waals surface area contributed by atoms with Crippen LogP contribution in [-0.2, 0) is 29.5 Å². The summed E-state index contributed by atoms with van der Waals surface area (Å²) in [5, 5.41) is 12.2. The lowest BCUT2D eigenvalue weighted by atomic mass is 9.88. The van der Waals surface area contributed by atoms with Crippen molar-refractivity contribution in [2.75, 3.05) is 4.90 Å². The molecule has 5 atom stereocenters. The molecule has 0 radical (unpaired) electrons. The molecule has 3 aliphatic rings. The number of fused-ring (bicyclic) bond motifs is 6. The van der Waals surface area contributed by atoms with Gasteiger partial charge in [-0.1, -0.05) is 44.2 Å². The Bertz CT molecular complexity index is 1600. The zero-order chi connectivity index (χ0) is 27.8. The molecule has 1 spiro atoms. The summed E-state index contributed by atoms with van der Waals surface area (Å²) >= 11 is 0. The van der Waals surface area contributed by atoms with Crippen LogP contribution in [0.2, 0.25) is 0 Å². The van der Waals surface area contributed by atoms with Crippen LogP contribution in [0, 0.1) is 5.92 Å². The average molecular weight is 533 g/mol. The van der Waals surface area contributed by atoms with Crippen LogP contribution in [0.3, 0.4) is 0 Å². The molecule has 4 heterocycles. The van der Waals surface area contributed by atoms with E-state index in [2.05, 4.69) is 0 Å². The van der Waals surface area contributed by atoms with E-state index in [4.69, 9.17) is 14.5 Å². The van der Waals surface area contributed by atoms with Crippen molar-refractivity contribution >= 4 is 34.4 Å². The number of hydrogen-bond acceptors (Lipinski definition) is 9. The predicted molar refractivity (Wildman–Crippen MR) is 138 cm³/mol. The van der Waals surface area contributed by atoms with Gasteiger partial charge in [-0.15, -0.1) is 0 Å². The first-order valence-electron chi connectivity index (χ1n) is 12.9. The summed E-state index contributed by atoms with van der Waals surface area (Å²) in [6, 6.07) is 11.8. The molecule has 2 aromatic carbocycles. The van der Waals surface area contributed by atoms with Crippen molar-refractivity contribution in [2.24, 2.45) is 5.92 Å². The number of esters is 2. The fourth-order valence-electron chi connectivity index (χ4n) is 6.13. The number of nitrogens with zero attached hydrogens (tertiary/aromatic N) is 4. The number of hydroxylamine groups is 2. The Labute approximate surface area is 223 Å². The molecule has 1 aromatic heterocycles. The molecule has 6 rings (SSSR count). The van der Waals surface area contributed by atoms with Crippen LogP contribution in [0.1, 0.15) is 57.6 Å². The van der Waals surface area contributed by atoms with E-state index < -0.39 is 47.5 Å². The maximum Gasteiger partial charge on any atom is 0.330 e. The summed E-state index contributed by atoms with van der Waals surface area (Å²) in [4.78, 5) is 59.1. The number of anilines is 1. The van der Waals surface area contributed by atoms with Gasteiger partial charge in [0.05, 0.1) is 16.6 Å². The smallest absolute Gasteiger partial charge is 0.330 e. The molecular formula is C28H28N4O7. The van der Waals surface area contributed by atoms with E-state index in [0.29, 0.717) is 22.2 Å². The number of hydrogen-bond donors (Lipinski definition) is 1. The second kappa shape index (κ2) is 8.72. The molecule has 0 aliphatic carbocycles. The summed E-state index contributed by atoms with van der Waals surface area (Å²) in [5.41, 5.74) is -0.415. The molecular weight excluding hydrogens is 504 g/mol. The van der Waals surface area contributed by atoms with Crippen molar-refractivity contribution in [1.82, 2.24) is 14.6 Å². The number of rotatable bonds is 4. The van der Waals surface area contributed by atoms with Crippen molar-refractivity contribution < 1.29 is 29.1 Å². The zero-order valence-electron chi connectivity index (χ0n) is 21.9. The van der Waals surface area contributed by atoms with Gasteiger partial charge in [0.15, 0.2) is 23.7 Å². The molecule has 39 heavy (non-hydrogen) atoms. The molecule has 11 heteroatoms. The molecule has 202 valence electrons. The predicted octanol–water partition coefficient (Wildman–Crippen LogP) is 2.81. The van der Waals surface area contributed by atoms with Gasteiger partial charge in [0.2, 0.25) is 5.91 Å². The quantitative estimate of drug-likeness (QED) is 0.504. The van der Waals surface area contributed by atoms with Crippen LogP contribution >= 0.6 is 0 Å². The monoisotopic (exact) mass is 532 g/mol. The lowest BCUT2D eigenvalue weighted by Gasteiger charge is -2.33. The lowest BCUT2D eigenvalue weighted by Crippen LogP contribution is -2.50. The van der Waals surface area contributed by atoms with Gasteiger partial charge < -0.3 is 14.7 Å². The Morgan fingerprint density at radius 3 is 2.54 bits per heavy atom. The van der Waals surface area contributed by atoms with Gasteiger partial charge in [0, 0.05) is 18.9 Å². The van der Waals surface area contributed by atoms with Crippen LogP contribution < -0.4 is 10.5 Å². The number of carbonyl (C=O) groups excluding carboxylic acids is 3. The normalized spacial score (nSPS) is 26.8. The molecule has 1 amide bonds. The Hall–Kier alpha value is -4.09. The molecule has 2 saturated heterocycles. The van der Waals surface area contributed by atoms with Gasteiger partial charge in [0.1, 0.15) is 12.1 Å². The third kappa shape index (κ3) is 3.46. The van der Waals surface area contributed by atoms with Crippen molar-refractivity contribution in [3.63, 3.8) is 0 Å². The highest BCUT2D eigenvalue weighted by Gasteiger charge is 2.67. The van der Waals surface area contributed by atoms with Crippen LogP contribution in [0.5, 0.6) is 0 Å². The van der Waals surface area contributed by atoms with Gasteiger partial charge in [-0.3, -0.25) is 23.9 Å². The van der Waals surface area contributed by atoms with Crippen molar-refractivity contribution in [3.05, 3.63) is 70.3 Å². The highest BCUT2D eigenvalue weighted by Crippen LogP contribution is 2.57. The van der Waals surface area contributed by atoms with Gasteiger partial charge >= 0.3 is 11.9 Å². The minimum Gasteiger partial charge on any atom is -0.454 e. The van der Waals surface area contributed by atoms with Crippen LogP contribution in [-0.4, -0.2) is 49.9 Å². The molecule has 0 saturated carbocycles. The maximum absolute atomic E-state index is 14.0. The standard InChI is InChI=1S/C28H28N4O7/c1-14(2)22(38-16(4)33)23-29-19-11-7-5-9-17(19)25(35)30(23)21-13-28(39-26(21)36)18-10-6-8-12-20(18)31-24(34)15(3)32(37)27(28)31/h5-12,14-15,21-22,27,37H,13H2,1-4H3/t15-,21+,22+,27+,28+/m0/s1. The fraction of sp³-hybridized carbons (Fsp3) is 0.393. The van der Waals surface area contributed by atoms with Gasteiger partial charge in [-0.25, -0.2) is 9.78 Å². The Morgan fingerprint density at radius 2 is 1.82 bits per heavy atom. The number of para-hydroxylation sites is 2. The molecule has 1 N–H and O–H groups in total. The first-order valence-corrected chi connectivity index (χ1v) is 12.9. The number of benzene rings is 2. The number of carbonyl (C=O) groups is 3. The van der Waals surface area contributed by atoms with E-state index in [1.165, 1.54) is 16.4 Å². The second-order valence-corrected chi connectivity index (χ2v) is 10.6. The minimum absolute atomic E-state index is 0.0567. The lowest BCUT2D eigenvalue weighted by molar-refractivity contribution is -0.190. The van der Waals surface area contributed by atoms with Gasteiger partial charge in [-0.05, 0) is 31.0 Å². The summed E-state index contributed by atoms with van der Waals surface area (Å²) in [6.45, 7) is 6.51. The number of aromatic nitrogens is 2. The summed E-state index contributed by atoms with van der Waals surface area (Å²) in [6.07, 6.45) is -1.98. The first kappa shape index (κ1) is 25.2. The Morgan fingerprint density at radius 1 is 1.13 bits per heavy atom. The van der Waals surface area contributed by atoms with Crippen molar-refractivity contribution in [1.29, 1.82) is 0 Å². The molecule has 11 nitrogen and oxygen atoms in total. The SMILES string of the molecule is CC(=O)O[C@@H](c1nc2ccccc2c(=O)n1[C@@H]1C[C@@]2(OC1=O)c1ccccc1N1C(=O)[C@H](C)N(O)[C@@H]12)C(C)C. The number of amides is 1. The Kier molecular flexibility index (Phi) is 5.63. The van der Waals surface area contributed by atoms with Crippen molar-refractivity contribution in [2.45, 2.75) is 64.1 Å². The average Bonchev–Trinajstić information content (AvgIpc) is 3.47. The van der Waals surface area contributed by atoms with E-state index in [1.54, 1.807) is 55.5 Å². The van der Waals surface area contributed by atoms with Gasteiger partial charge in [0.25, 0.3) is 5.56 Å². The van der Waals surface area contributed by atoms with E-state index in [0.717, 1.165) is 5.06 Å². The molecule has 3 aliphatic heterocycles. The number of ether oxygens (including phenoxy) is 2. The molecule has 0 unspecified atom stereocenters. The van der Waals surface area contributed by atoms with Crippen LogP contribution in [0.25, 0.3) is 10.9 Å². The topological polar surface area (TPSA) is 131 Å². The summed E-state index contributed by atoms with van der Waals surface area (Å²) < 4.78 is 13.0. The van der Waals surface area contributed by atoms with Gasteiger partial charge in [-0.2, -0.15) is 5.06 Å².